The van der Waals surface area contributed by atoms with E-state index in [1.165, 1.54) is 71.2 Å². The summed E-state index contributed by atoms with van der Waals surface area (Å²) in [6, 6.07) is 0. The van der Waals surface area contributed by atoms with E-state index in [2.05, 4.69) is 37.8 Å². The molecule has 0 saturated carbocycles. The predicted octanol–water partition coefficient (Wildman–Crippen LogP) is 3.31. The van der Waals surface area contributed by atoms with Crippen LogP contribution < -0.4 is 0 Å². The van der Waals surface area contributed by atoms with Crippen molar-refractivity contribution in [3.63, 3.8) is 0 Å². The molecule has 3 heteroatoms. The summed E-state index contributed by atoms with van der Waals surface area (Å²) in [7, 11) is 0. The van der Waals surface area contributed by atoms with Crippen LogP contribution in [0.2, 0.25) is 0 Å². The Morgan fingerprint density at radius 2 is 1.47 bits per heavy atom. The Kier molecular flexibility index (Phi) is 8.01. The van der Waals surface area contributed by atoms with Crippen molar-refractivity contribution in [2.24, 2.45) is 0 Å². The second-order valence-electron chi connectivity index (χ2n) is 4.52. The maximum atomic E-state index is 2.62. The van der Waals surface area contributed by atoms with Gasteiger partial charge in [-0.25, -0.2) is 3.11 Å². The fourth-order valence-electron chi connectivity index (χ4n) is 2.06. The van der Waals surface area contributed by atoms with Crippen molar-refractivity contribution in [3.8, 4) is 0 Å². The molecule has 90 valence electrons. The number of rotatable bonds is 7. The van der Waals surface area contributed by atoms with Crippen LogP contribution >= 0.6 is 22.9 Å². The zero-order valence-electron chi connectivity index (χ0n) is 10.1. The van der Waals surface area contributed by atoms with E-state index in [1.54, 1.807) is 0 Å². The molecular formula is C12H25IN2. The first-order chi connectivity index (χ1) is 7.33. The summed E-state index contributed by atoms with van der Waals surface area (Å²) in [4.78, 5) is 2.62. The minimum absolute atomic E-state index is 1.25. The molecule has 2 nitrogen and oxygen atoms in total. The van der Waals surface area contributed by atoms with Gasteiger partial charge in [0.2, 0.25) is 0 Å². The van der Waals surface area contributed by atoms with Crippen molar-refractivity contribution in [1.82, 2.24) is 8.01 Å². The Labute approximate surface area is 109 Å². The third kappa shape index (κ3) is 6.74. The molecule has 0 aromatic carbocycles. The Morgan fingerprint density at radius 1 is 0.867 bits per heavy atom. The summed E-state index contributed by atoms with van der Waals surface area (Å²) in [5, 5.41) is 0. The Bertz CT molecular complexity index is 145. The number of nitrogens with zero attached hydrogens (tertiary/aromatic N) is 2. The summed E-state index contributed by atoms with van der Waals surface area (Å²) in [6.07, 6.45) is 8.51. The second-order valence-corrected chi connectivity index (χ2v) is 5.88. The molecule has 0 unspecified atom stereocenters. The van der Waals surface area contributed by atoms with Crippen LogP contribution in [0.1, 0.15) is 45.4 Å². The molecule has 1 aliphatic rings. The summed E-state index contributed by atoms with van der Waals surface area (Å²) < 4.78 is 2.40. The molecule has 0 amide bonds. The first kappa shape index (κ1) is 13.7. The molecule has 0 aromatic rings. The van der Waals surface area contributed by atoms with Crippen molar-refractivity contribution < 1.29 is 0 Å². The van der Waals surface area contributed by atoms with Crippen LogP contribution in [-0.2, 0) is 0 Å². The van der Waals surface area contributed by atoms with Gasteiger partial charge in [0.25, 0.3) is 0 Å². The molecule has 0 aliphatic carbocycles. The average Bonchev–Trinajstić information content (AvgIpc) is 2.26. The van der Waals surface area contributed by atoms with Gasteiger partial charge in [0.05, 0.1) is 0 Å². The fourth-order valence-corrected chi connectivity index (χ4v) is 2.49. The highest BCUT2D eigenvalue weighted by atomic mass is 127. The van der Waals surface area contributed by atoms with E-state index >= 15 is 0 Å². The van der Waals surface area contributed by atoms with Gasteiger partial charge >= 0.3 is 0 Å². The molecule has 1 aliphatic heterocycles. The van der Waals surface area contributed by atoms with Crippen LogP contribution in [0.15, 0.2) is 0 Å². The lowest BCUT2D eigenvalue weighted by atomic mass is 10.1. The third-order valence-corrected chi connectivity index (χ3v) is 4.11. The summed E-state index contributed by atoms with van der Waals surface area (Å²) in [5.41, 5.74) is 0. The van der Waals surface area contributed by atoms with Gasteiger partial charge in [0.15, 0.2) is 0 Å². The molecule has 0 aromatic heterocycles. The van der Waals surface area contributed by atoms with E-state index in [-0.39, 0.29) is 0 Å². The fraction of sp³-hybridized carbons (Fsp3) is 1.00. The number of unbranched alkanes of at least 4 members (excludes halogenated alkanes) is 5. The van der Waals surface area contributed by atoms with Gasteiger partial charge in [0, 0.05) is 49.0 Å². The zero-order valence-corrected chi connectivity index (χ0v) is 12.2. The summed E-state index contributed by atoms with van der Waals surface area (Å²) >= 11 is 2.43. The largest absolute Gasteiger partial charge is 0.301 e. The highest BCUT2D eigenvalue weighted by Crippen LogP contribution is 2.09. The van der Waals surface area contributed by atoms with E-state index in [1.807, 2.05) is 0 Å². The second kappa shape index (κ2) is 8.76. The topological polar surface area (TPSA) is 6.48 Å². The van der Waals surface area contributed by atoms with Crippen molar-refractivity contribution in [2.45, 2.75) is 45.4 Å². The number of hydrogen-bond donors (Lipinski definition) is 0. The molecule has 15 heavy (non-hydrogen) atoms. The number of halogens is 1. The quantitative estimate of drug-likeness (QED) is 0.403. The first-order valence-electron chi connectivity index (χ1n) is 6.46. The van der Waals surface area contributed by atoms with Crippen molar-refractivity contribution >= 4 is 22.9 Å². The SMILES string of the molecule is CCCCCCCCN1CCN(I)CC1. The van der Waals surface area contributed by atoms with Gasteiger partial charge in [0.1, 0.15) is 0 Å². The van der Waals surface area contributed by atoms with Gasteiger partial charge in [-0.2, -0.15) is 0 Å². The first-order valence-corrected chi connectivity index (χ1v) is 7.42. The lowest BCUT2D eigenvalue weighted by Crippen LogP contribution is -2.42. The number of piperazine rings is 1. The van der Waals surface area contributed by atoms with E-state index < -0.39 is 0 Å². The Balaban J connectivity index is 1.87. The molecule has 1 heterocycles. The molecule has 1 rings (SSSR count). The van der Waals surface area contributed by atoms with Gasteiger partial charge in [-0.1, -0.05) is 39.0 Å². The van der Waals surface area contributed by atoms with E-state index in [0.717, 1.165) is 0 Å². The number of hydrogen-bond acceptors (Lipinski definition) is 2. The Hall–Kier alpha value is 0.650. The minimum Gasteiger partial charge on any atom is -0.301 e. The minimum atomic E-state index is 1.25. The Morgan fingerprint density at radius 3 is 2.13 bits per heavy atom. The van der Waals surface area contributed by atoms with Gasteiger partial charge < -0.3 is 4.90 Å². The lowest BCUT2D eigenvalue weighted by Gasteiger charge is -2.31. The highest BCUT2D eigenvalue weighted by Gasteiger charge is 2.13. The van der Waals surface area contributed by atoms with Crippen LogP contribution in [0.5, 0.6) is 0 Å². The zero-order chi connectivity index (χ0) is 10.9. The molecule has 1 fully saturated rings. The summed E-state index contributed by atoms with van der Waals surface area (Å²) in [6.45, 7) is 8.66. The standard InChI is InChI=1S/C12H25IN2/c1-2-3-4-5-6-7-8-14-9-11-15(13)12-10-14/h2-12H2,1H3. The van der Waals surface area contributed by atoms with Crippen molar-refractivity contribution in [2.75, 3.05) is 32.7 Å². The van der Waals surface area contributed by atoms with Gasteiger partial charge in [-0.3, -0.25) is 0 Å². The molecule has 1 saturated heterocycles. The van der Waals surface area contributed by atoms with E-state index in [4.69, 9.17) is 0 Å². The lowest BCUT2D eigenvalue weighted by molar-refractivity contribution is 0.202. The molecule has 0 N–H and O–H groups in total. The third-order valence-electron chi connectivity index (χ3n) is 3.15. The molecule has 0 radical (unpaired) electrons. The van der Waals surface area contributed by atoms with E-state index in [9.17, 15) is 0 Å². The molecule has 0 spiro atoms. The average molecular weight is 324 g/mol. The predicted molar refractivity (Wildman–Crippen MR) is 75.4 cm³/mol. The normalized spacial score (nSPS) is 19.6. The van der Waals surface area contributed by atoms with Gasteiger partial charge in [-0.05, 0) is 13.0 Å². The van der Waals surface area contributed by atoms with Crippen molar-refractivity contribution in [1.29, 1.82) is 0 Å². The van der Waals surface area contributed by atoms with E-state index in [0.29, 0.717) is 0 Å². The molecule has 0 atom stereocenters. The van der Waals surface area contributed by atoms with Crippen LogP contribution in [-0.4, -0.2) is 40.7 Å². The monoisotopic (exact) mass is 324 g/mol. The van der Waals surface area contributed by atoms with Crippen LogP contribution in [0.3, 0.4) is 0 Å². The van der Waals surface area contributed by atoms with Crippen LogP contribution in [0.25, 0.3) is 0 Å². The highest BCUT2D eigenvalue weighted by molar-refractivity contribution is 14.1. The molecular weight excluding hydrogens is 299 g/mol. The van der Waals surface area contributed by atoms with Gasteiger partial charge in [-0.15, -0.1) is 0 Å². The molecule has 0 bridgehead atoms. The smallest absolute Gasteiger partial charge is 0.0209 e. The maximum Gasteiger partial charge on any atom is 0.0209 e. The maximum absolute atomic E-state index is 2.62. The summed E-state index contributed by atoms with van der Waals surface area (Å²) in [5.74, 6) is 0. The van der Waals surface area contributed by atoms with Crippen LogP contribution in [0, 0.1) is 0 Å². The van der Waals surface area contributed by atoms with Crippen LogP contribution in [0.4, 0.5) is 0 Å². The van der Waals surface area contributed by atoms with Crippen molar-refractivity contribution in [3.05, 3.63) is 0 Å².